The number of ether oxygens (including phenoxy) is 2. The van der Waals surface area contributed by atoms with Gasteiger partial charge in [0.2, 0.25) is 0 Å². The van der Waals surface area contributed by atoms with Crippen LogP contribution in [0.1, 0.15) is 10.4 Å². The molecule has 2 aromatic carbocycles. The van der Waals surface area contributed by atoms with Crippen molar-refractivity contribution in [2.75, 3.05) is 25.8 Å². The predicted octanol–water partition coefficient (Wildman–Crippen LogP) is 3.82. The van der Waals surface area contributed by atoms with Gasteiger partial charge in [-0.05, 0) is 30.5 Å². The molecule has 1 heterocycles. The number of thioether (sulfide) groups is 1. The quantitative estimate of drug-likeness (QED) is 0.643. The van der Waals surface area contributed by atoms with E-state index in [1.165, 1.54) is 6.20 Å². The second kappa shape index (κ2) is 7.53. The maximum Gasteiger partial charge on any atom is 0.252 e. The summed E-state index contributed by atoms with van der Waals surface area (Å²) in [6.45, 7) is 0. The van der Waals surface area contributed by atoms with E-state index in [1.54, 1.807) is 38.1 Å². The first-order valence-electron chi connectivity index (χ1n) is 7.83. The van der Waals surface area contributed by atoms with E-state index in [1.807, 2.05) is 30.5 Å². The van der Waals surface area contributed by atoms with E-state index in [4.69, 9.17) is 15.2 Å². The van der Waals surface area contributed by atoms with Crippen LogP contribution in [-0.2, 0) is 0 Å². The Bertz CT molecular complexity index is 976. The number of carbonyl (C=O) groups excluding carboxylic acids is 1. The highest BCUT2D eigenvalue weighted by Crippen LogP contribution is 2.37. The molecule has 0 fully saturated rings. The van der Waals surface area contributed by atoms with Crippen LogP contribution in [0, 0.1) is 0 Å². The number of pyridine rings is 1. The first-order valence-corrected chi connectivity index (χ1v) is 9.05. The molecular formula is C19H19N3O3S. The molecule has 134 valence electrons. The van der Waals surface area contributed by atoms with Gasteiger partial charge in [-0.25, -0.2) is 0 Å². The Morgan fingerprint density at radius 1 is 1.15 bits per heavy atom. The average molecular weight is 369 g/mol. The third-order valence-corrected chi connectivity index (χ3v) is 4.70. The minimum atomic E-state index is -0.558. The van der Waals surface area contributed by atoms with Gasteiger partial charge in [0.05, 0.1) is 31.0 Å². The summed E-state index contributed by atoms with van der Waals surface area (Å²) in [5.74, 6) is 0.552. The highest BCUT2D eigenvalue weighted by molar-refractivity contribution is 7.98. The van der Waals surface area contributed by atoms with Gasteiger partial charge in [0.25, 0.3) is 5.91 Å². The van der Waals surface area contributed by atoms with Crippen molar-refractivity contribution in [1.29, 1.82) is 0 Å². The molecule has 0 aliphatic heterocycles. The molecule has 0 aliphatic carbocycles. The van der Waals surface area contributed by atoms with Crippen molar-refractivity contribution >= 4 is 39.9 Å². The molecule has 0 aliphatic rings. The number of nitrogens with two attached hydrogens (primary N) is 1. The largest absolute Gasteiger partial charge is 0.493 e. The number of nitrogens with zero attached hydrogens (tertiary/aromatic N) is 1. The van der Waals surface area contributed by atoms with Crippen LogP contribution in [0.4, 0.5) is 11.4 Å². The van der Waals surface area contributed by atoms with Crippen LogP contribution in [0.25, 0.3) is 10.9 Å². The van der Waals surface area contributed by atoms with Crippen LogP contribution in [-0.4, -0.2) is 31.4 Å². The van der Waals surface area contributed by atoms with E-state index in [-0.39, 0.29) is 0 Å². The van der Waals surface area contributed by atoms with Crippen molar-refractivity contribution in [2.45, 2.75) is 4.90 Å². The van der Waals surface area contributed by atoms with Crippen molar-refractivity contribution in [2.24, 2.45) is 5.73 Å². The summed E-state index contributed by atoms with van der Waals surface area (Å²) in [6, 6.07) is 11.4. The molecule has 0 saturated carbocycles. The summed E-state index contributed by atoms with van der Waals surface area (Å²) in [4.78, 5) is 17.4. The molecule has 7 heteroatoms. The number of primary amides is 1. The van der Waals surface area contributed by atoms with Crippen LogP contribution in [0.5, 0.6) is 11.5 Å². The molecule has 0 radical (unpaired) electrons. The number of hydrogen-bond donors (Lipinski definition) is 2. The number of benzene rings is 2. The molecule has 3 N–H and O–H groups in total. The smallest absolute Gasteiger partial charge is 0.252 e. The molecular weight excluding hydrogens is 350 g/mol. The molecule has 3 aromatic rings. The molecule has 0 unspecified atom stereocenters. The minimum Gasteiger partial charge on any atom is -0.493 e. The van der Waals surface area contributed by atoms with Gasteiger partial charge in [-0.15, -0.1) is 11.8 Å². The number of amides is 1. The van der Waals surface area contributed by atoms with Crippen molar-refractivity contribution in [3.8, 4) is 11.5 Å². The van der Waals surface area contributed by atoms with E-state index in [9.17, 15) is 4.79 Å². The topological polar surface area (TPSA) is 86.5 Å². The summed E-state index contributed by atoms with van der Waals surface area (Å²) < 4.78 is 10.7. The standard InChI is InChI=1S/C19H19N3O3S/c1-24-16-8-13-15(9-17(16)25-2)21-10-14(19(20)23)18(13)22-11-5-4-6-12(7-11)26-3/h4-10H,1-3H3,(H2,20,23)(H,21,22). The zero-order valence-corrected chi connectivity index (χ0v) is 15.5. The van der Waals surface area contributed by atoms with Gasteiger partial charge < -0.3 is 20.5 Å². The molecule has 1 amide bonds. The fourth-order valence-electron chi connectivity index (χ4n) is 2.69. The fourth-order valence-corrected chi connectivity index (χ4v) is 3.15. The molecule has 0 atom stereocenters. The van der Waals surface area contributed by atoms with Crippen LogP contribution in [0.15, 0.2) is 47.5 Å². The summed E-state index contributed by atoms with van der Waals surface area (Å²) in [5.41, 5.74) is 7.96. The minimum absolute atomic E-state index is 0.305. The lowest BCUT2D eigenvalue weighted by Crippen LogP contribution is -2.14. The Morgan fingerprint density at radius 2 is 1.88 bits per heavy atom. The predicted molar refractivity (Wildman–Crippen MR) is 105 cm³/mol. The van der Waals surface area contributed by atoms with Crippen molar-refractivity contribution < 1.29 is 14.3 Å². The Kier molecular flexibility index (Phi) is 5.18. The Balaban J connectivity index is 2.22. The van der Waals surface area contributed by atoms with Gasteiger partial charge in [0, 0.05) is 28.2 Å². The maximum atomic E-state index is 11.9. The molecule has 0 spiro atoms. The maximum absolute atomic E-state index is 11.9. The number of nitrogens with one attached hydrogen (secondary N) is 1. The lowest BCUT2D eigenvalue weighted by molar-refractivity contribution is 0.100. The van der Waals surface area contributed by atoms with Crippen molar-refractivity contribution in [3.05, 3.63) is 48.2 Å². The molecule has 26 heavy (non-hydrogen) atoms. The van der Waals surface area contributed by atoms with E-state index < -0.39 is 5.91 Å². The third kappa shape index (κ3) is 3.39. The van der Waals surface area contributed by atoms with Gasteiger partial charge in [-0.2, -0.15) is 0 Å². The number of methoxy groups -OCH3 is 2. The van der Waals surface area contributed by atoms with Crippen LogP contribution < -0.4 is 20.5 Å². The zero-order valence-electron chi connectivity index (χ0n) is 14.7. The van der Waals surface area contributed by atoms with Gasteiger partial charge in [0.15, 0.2) is 11.5 Å². The van der Waals surface area contributed by atoms with Crippen molar-refractivity contribution in [3.63, 3.8) is 0 Å². The van der Waals surface area contributed by atoms with Crippen LogP contribution in [0.2, 0.25) is 0 Å². The number of hydrogen-bond acceptors (Lipinski definition) is 6. The molecule has 6 nitrogen and oxygen atoms in total. The Labute approximate surface area is 155 Å². The van der Waals surface area contributed by atoms with Crippen LogP contribution in [0.3, 0.4) is 0 Å². The number of carbonyl (C=O) groups is 1. The van der Waals surface area contributed by atoms with Gasteiger partial charge in [-0.3, -0.25) is 9.78 Å². The SMILES string of the molecule is COc1cc2ncc(C(N)=O)c(Nc3cccc(SC)c3)c2cc1OC. The second-order valence-electron chi connectivity index (χ2n) is 5.49. The summed E-state index contributed by atoms with van der Waals surface area (Å²) in [7, 11) is 3.12. The zero-order chi connectivity index (χ0) is 18.7. The van der Waals surface area contributed by atoms with E-state index in [0.717, 1.165) is 10.6 Å². The summed E-state index contributed by atoms with van der Waals surface area (Å²) in [5, 5.41) is 4.03. The Morgan fingerprint density at radius 3 is 2.54 bits per heavy atom. The number of aromatic nitrogens is 1. The lowest BCUT2D eigenvalue weighted by Gasteiger charge is -2.16. The van der Waals surface area contributed by atoms with E-state index >= 15 is 0 Å². The highest BCUT2D eigenvalue weighted by Gasteiger charge is 2.16. The Hall–Kier alpha value is -2.93. The first kappa shape index (κ1) is 17.9. The third-order valence-electron chi connectivity index (χ3n) is 3.98. The highest BCUT2D eigenvalue weighted by atomic mass is 32.2. The number of fused-ring (bicyclic) bond motifs is 1. The number of rotatable bonds is 6. The molecule has 0 saturated heterocycles. The van der Waals surface area contributed by atoms with Crippen molar-refractivity contribution in [1.82, 2.24) is 4.98 Å². The molecule has 1 aromatic heterocycles. The fraction of sp³-hybridized carbons (Fsp3) is 0.158. The summed E-state index contributed by atoms with van der Waals surface area (Å²) >= 11 is 1.64. The summed E-state index contributed by atoms with van der Waals surface area (Å²) in [6.07, 6.45) is 3.48. The van der Waals surface area contributed by atoms with Gasteiger partial charge in [-0.1, -0.05) is 6.07 Å². The first-order chi connectivity index (χ1) is 12.6. The molecule has 3 rings (SSSR count). The normalized spacial score (nSPS) is 10.6. The van der Waals surface area contributed by atoms with E-state index in [0.29, 0.717) is 33.7 Å². The molecule has 0 bridgehead atoms. The lowest BCUT2D eigenvalue weighted by atomic mass is 10.1. The van der Waals surface area contributed by atoms with Gasteiger partial charge in [0.1, 0.15) is 0 Å². The van der Waals surface area contributed by atoms with E-state index in [2.05, 4.69) is 10.3 Å². The second-order valence-corrected chi connectivity index (χ2v) is 6.37. The monoisotopic (exact) mass is 369 g/mol. The van der Waals surface area contributed by atoms with Crippen LogP contribution >= 0.6 is 11.8 Å². The number of anilines is 2. The van der Waals surface area contributed by atoms with Gasteiger partial charge >= 0.3 is 0 Å². The average Bonchev–Trinajstić information content (AvgIpc) is 2.66.